The molecule has 0 fully saturated rings. The van der Waals surface area contributed by atoms with Crippen LogP contribution in [-0.4, -0.2) is 28.5 Å². The number of hydrogen-bond acceptors (Lipinski definition) is 5. The molecule has 0 aromatic carbocycles. The third-order valence-corrected chi connectivity index (χ3v) is 3.17. The molecule has 0 saturated heterocycles. The summed E-state index contributed by atoms with van der Waals surface area (Å²) in [5, 5.41) is 0. The van der Waals surface area contributed by atoms with Crippen LogP contribution in [0.5, 0.6) is 0 Å². The fourth-order valence-corrected chi connectivity index (χ4v) is 2.07. The summed E-state index contributed by atoms with van der Waals surface area (Å²) in [5.41, 5.74) is 8.83. The van der Waals surface area contributed by atoms with Gasteiger partial charge in [0, 0.05) is 31.4 Å². The fraction of sp³-hybridized carbons (Fsp3) is 0.400. The first-order valence-electron chi connectivity index (χ1n) is 6.76. The van der Waals surface area contributed by atoms with Crippen LogP contribution in [0.15, 0.2) is 24.4 Å². The third-order valence-electron chi connectivity index (χ3n) is 3.17. The maximum atomic E-state index is 5.60. The Morgan fingerprint density at radius 3 is 2.75 bits per heavy atom. The first-order valence-corrected chi connectivity index (χ1v) is 6.76. The molecular weight excluding hydrogens is 250 g/mol. The van der Waals surface area contributed by atoms with Gasteiger partial charge in [-0.2, -0.15) is 0 Å². The van der Waals surface area contributed by atoms with Crippen molar-refractivity contribution in [2.75, 3.05) is 18.5 Å². The number of anilines is 1. The van der Waals surface area contributed by atoms with Crippen molar-refractivity contribution < 1.29 is 0 Å². The molecule has 0 aliphatic heterocycles. The van der Waals surface area contributed by atoms with Gasteiger partial charge in [0.1, 0.15) is 11.6 Å². The summed E-state index contributed by atoms with van der Waals surface area (Å²) in [6, 6.07) is 6.02. The molecule has 2 heterocycles. The summed E-state index contributed by atoms with van der Waals surface area (Å²) in [5.74, 6) is 1.68. The minimum atomic E-state index is 0.596. The van der Waals surface area contributed by atoms with Crippen molar-refractivity contribution in [1.82, 2.24) is 15.0 Å². The van der Waals surface area contributed by atoms with Crippen LogP contribution in [0.4, 0.5) is 5.82 Å². The Kier molecular flexibility index (Phi) is 4.63. The van der Waals surface area contributed by atoms with Crippen molar-refractivity contribution in [3.05, 3.63) is 47.2 Å². The van der Waals surface area contributed by atoms with Gasteiger partial charge in [0.15, 0.2) is 0 Å². The zero-order valence-corrected chi connectivity index (χ0v) is 12.3. The minimum Gasteiger partial charge on any atom is -0.354 e. The largest absolute Gasteiger partial charge is 0.354 e. The van der Waals surface area contributed by atoms with E-state index in [4.69, 9.17) is 5.73 Å². The molecule has 2 rings (SSSR count). The van der Waals surface area contributed by atoms with Crippen LogP contribution in [0.1, 0.15) is 22.8 Å². The second kappa shape index (κ2) is 6.43. The predicted octanol–water partition coefficient (Wildman–Crippen LogP) is 1.63. The second-order valence-electron chi connectivity index (χ2n) is 4.93. The lowest BCUT2D eigenvalue weighted by atomic mass is 10.2. The van der Waals surface area contributed by atoms with Crippen molar-refractivity contribution >= 4 is 5.82 Å². The molecule has 20 heavy (non-hydrogen) atoms. The third kappa shape index (κ3) is 3.51. The van der Waals surface area contributed by atoms with E-state index in [1.54, 1.807) is 0 Å². The summed E-state index contributed by atoms with van der Waals surface area (Å²) in [6.45, 7) is 5.30. The van der Waals surface area contributed by atoms with Crippen LogP contribution in [0.3, 0.4) is 0 Å². The summed E-state index contributed by atoms with van der Waals surface area (Å²) in [7, 11) is 2.02. The van der Waals surface area contributed by atoms with Gasteiger partial charge in [0.25, 0.3) is 0 Å². The van der Waals surface area contributed by atoms with Crippen LogP contribution >= 0.6 is 0 Å². The van der Waals surface area contributed by atoms with Crippen molar-refractivity contribution in [2.45, 2.75) is 26.8 Å². The van der Waals surface area contributed by atoms with Gasteiger partial charge in [0.2, 0.25) is 0 Å². The van der Waals surface area contributed by atoms with Crippen LogP contribution in [0.2, 0.25) is 0 Å². The minimum absolute atomic E-state index is 0.596. The molecule has 0 saturated carbocycles. The van der Waals surface area contributed by atoms with Gasteiger partial charge in [-0.1, -0.05) is 6.07 Å². The molecule has 0 amide bonds. The van der Waals surface area contributed by atoms with E-state index in [1.165, 1.54) is 5.56 Å². The van der Waals surface area contributed by atoms with Gasteiger partial charge >= 0.3 is 0 Å². The van der Waals surface area contributed by atoms with E-state index in [-0.39, 0.29) is 0 Å². The molecule has 2 aromatic heterocycles. The van der Waals surface area contributed by atoms with Crippen molar-refractivity contribution in [3.63, 3.8) is 0 Å². The number of nitrogens with two attached hydrogens (primary N) is 1. The number of hydrogen-bond donors (Lipinski definition) is 1. The lowest BCUT2D eigenvalue weighted by Crippen LogP contribution is -2.20. The molecule has 0 spiro atoms. The Hall–Kier alpha value is -2.01. The summed E-state index contributed by atoms with van der Waals surface area (Å²) in [4.78, 5) is 15.4. The standard InChI is InChI=1S/C15H21N5/c1-11-5-4-8-17-14(11)10-20(3)15-9-13(6-7-16)18-12(2)19-15/h4-5,8-9H,6-7,10,16H2,1-3H3. The fourth-order valence-electron chi connectivity index (χ4n) is 2.07. The highest BCUT2D eigenvalue weighted by Crippen LogP contribution is 2.15. The van der Waals surface area contributed by atoms with Gasteiger partial charge in [0.05, 0.1) is 12.2 Å². The van der Waals surface area contributed by atoms with E-state index in [0.29, 0.717) is 6.54 Å². The van der Waals surface area contributed by atoms with E-state index in [9.17, 15) is 0 Å². The summed E-state index contributed by atoms with van der Waals surface area (Å²) >= 11 is 0. The smallest absolute Gasteiger partial charge is 0.132 e. The molecule has 0 bridgehead atoms. The van der Waals surface area contributed by atoms with E-state index in [1.807, 2.05) is 32.3 Å². The zero-order chi connectivity index (χ0) is 14.5. The Morgan fingerprint density at radius 2 is 2.05 bits per heavy atom. The van der Waals surface area contributed by atoms with Crippen LogP contribution in [0, 0.1) is 13.8 Å². The highest BCUT2D eigenvalue weighted by Gasteiger charge is 2.09. The van der Waals surface area contributed by atoms with E-state index < -0.39 is 0 Å². The second-order valence-corrected chi connectivity index (χ2v) is 4.93. The molecule has 0 aliphatic carbocycles. The van der Waals surface area contributed by atoms with Crippen molar-refractivity contribution in [1.29, 1.82) is 0 Å². The van der Waals surface area contributed by atoms with Gasteiger partial charge < -0.3 is 10.6 Å². The van der Waals surface area contributed by atoms with Crippen molar-refractivity contribution in [3.8, 4) is 0 Å². The van der Waals surface area contributed by atoms with Gasteiger partial charge in [-0.3, -0.25) is 4.98 Å². The van der Waals surface area contributed by atoms with Crippen LogP contribution in [-0.2, 0) is 13.0 Å². The Bertz CT molecular complexity index is 582. The maximum absolute atomic E-state index is 5.60. The number of nitrogens with zero attached hydrogens (tertiary/aromatic N) is 4. The topological polar surface area (TPSA) is 67.9 Å². The summed E-state index contributed by atoms with van der Waals surface area (Å²) < 4.78 is 0. The molecule has 0 radical (unpaired) electrons. The quantitative estimate of drug-likeness (QED) is 0.895. The van der Waals surface area contributed by atoms with Gasteiger partial charge in [-0.15, -0.1) is 0 Å². The Balaban J connectivity index is 2.20. The molecule has 2 N–H and O–H groups in total. The highest BCUT2D eigenvalue weighted by molar-refractivity contribution is 5.40. The lowest BCUT2D eigenvalue weighted by molar-refractivity contribution is 0.826. The number of aryl methyl sites for hydroxylation is 2. The van der Waals surface area contributed by atoms with Gasteiger partial charge in [-0.25, -0.2) is 9.97 Å². The monoisotopic (exact) mass is 271 g/mol. The molecule has 106 valence electrons. The lowest BCUT2D eigenvalue weighted by Gasteiger charge is -2.19. The molecule has 2 aromatic rings. The van der Waals surface area contributed by atoms with E-state index in [0.717, 1.165) is 36.0 Å². The molecule has 5 nitrogen and oxygen atoms in total. The van der Waals surface area contributed by atoms with E-state index in [2.05, 4.69) is 32.8 Å². The average Bonchev–Trinajstić information content (AvgIpc) is 2.41. The Morgan fingerprint density at radius 1 is 1.25 bits per heavy atom. The first-order chi connectivity index (χ1) is 9.60. The van der Waals surface area contributed by atoms with Crippen LogP contribution < -0.4 is 10.6 Å². The molecular formula is C15H21N5. The van der Waals surface area contributed by atoms with Gasteiger partial charge in [-0.05, 0) is 32.0 Å². The average molecular weight is 271 g/mol. The van der Waals surface area contributed by atoms with Crippen LogP contribution in [0.25, 0.3) is 0 Å². The predicted molar refractivity (Wildman–Crippen MR) is 80.6 cm³/mol. The van der Waals surface area contributed by atoms with Crippen molar-refractivity contribution in [2.24, 2.45) is 5.73 Å². The van der Waals surface area contributed by atoms with E-state index >= 15 is 0 Å². The highest BCUT2D eigenvalue weighted by atomic mass is 15.2. The molecule has 0 aliphatic rings. The molecule has 0 atom stereocenters. The zero-order valence-electron chi connectivity index (χ0n) is 12.3. The first kappa shape index (κ1) is 14.4. The number of rotatable bonds is 5. The Labute approximate surface area is 119 Å². The summed E-state index contributed by atoms with van der Waals surface area (Å²) in [6.07, 6.45) is 2.59. The number of aromatic nitrogens is 3. The molecule has 5 heteroatoms. The SMILES string of the molecule is Cc1nc(CCN)cc(N(C)Cc2ncccc2C)n1. The molecule has 0 unspecified atom stereocenters. The normalized spacial score (nSPS) is 10.6. The maximum Gasteiger partial charge on any atom is 0.132 e. The number of pyridine rings is 1.